The van der Waals surface area contributed by atoms with Gasteiger partial charge >= 0.3 is 12.1 Å². The number of alkyl halides is 3. The van der Waals surface area contributed by atoms with Gasteiger partial charge in [0.25, 0.3) is 0 Å². The second kappa shape index (κ2) is 5.83. The fraction of sp³-hybridized carbons (Fsp3) is 0.500. The third-order valence-corrected chi connectivity index (χ3v) is 3.83. The molecule has 0 unspecified atom stereocenters. The first kappa shape index (κ1) is 15.5. The maximum Gasteiger partial charge on any atom is 0.471 e. The molecule has 1 aromatic carbocycles. The lowest BCUT2D eigenvalue weighted by atomic mass is 10.0. The lowest BCUT2D eigenvalue weighted by Gasteiger charge is -2.38. The summed E-state index contributed by atoms with van der Waals surface area (Å²) in [6.45, 7) is 1.23. The Hall–Kier alpha value is -1.92. The summed E-state index contributed by atoms with van der Waals surface area (Å²) in [4.78, 5) is 14.1. The minimum Gasteiger partial charge on any atom is -0.399 e. The Morgan fingerprint density at radius 2 is 1.76 bits per heavy atom. The summed E-state index contributed by atoms with van der Waals surface area (Å²) in [5.41, 5.74) is 7.29. The molecule has 0 aromatic heterocycles. The van der Waals surface area contributed by atoms with Crippen LogP contribution in [0.3, 0.4) is 0 Å². The molecule has 1 heterocycles. The molecule has 1 aromatic rings. The van der Waals surface area contributed by atoms with Gasteiger partial charge in [-0.2, -0.15) is 13.2 Å². The predicted molar refractivity (Wildman–Crippen MR) is 74.9 cm³/mol. The van der Waals surface area contributed by atoms with Gasteiger partial charge in [-0.25, -0.2) is 0 Å². The number of halogens is 3. The highest BCUT2D eigenvalue weighted by molar-refractivity contribution is 5.81. The van der Waals surface area contributed by atoms with Crippen molar-refractivity contribution < 1.29 is 18.0 Å². The first-order valence-electron chi connectivity index (χ1n) is 6.73. The number of nitrogens with zero attached hydrogens (tertiary/aromatic N) is 2. The van der Waals surface area contributed by atoms with Crippen LogP contribution in [-0.2, 0) is 4.79 Å². The molecule has 0 atom stereocenters. The largest absolute Gasteiger partial charge is 0.471 e. The van der Waals surface area contributed by atoms with Crippen molar-refractivity contribution in [2.45, 2.75) is 25.1 Å². The van der Waals surface area contributed by atoms with E-state index in [2.05, 4.69) is 4.90 Å². The fourth-order valence-electron chi connectivity index (χ4n) is 2.56. The molecule has 2 rings (SSSR count). The summed E-state index contributed by atoms with van der Waals surface area (Å²) >= 11 is 0. The molecule has 1 amide bonds. The van der Waals surface area contributed by atoms with Gasteiger partial charge in [0.05, 0.1) is 0 Å². The topological polar surface area (TPSA) is 49.6 Å². The van der Waals surface area contributed by atoms with Crippen LogP contribution in [0, 0.1) is 0 Å². The van der Waals surface area contributed by atoms with Gasteiger partial charge in [-0.15, -0.1) is 0 Å². The number of carbonyl (C=O) groups is 1. The van der Waals surface area contributed by atoms with Gasteiger partial charge in [0.2, 0.25) is 0 Å². The molecular formula is C14H18F3N3O. The normalized spacial score (nSPS) is 16.9. The van der Waals surface area contributed by atoms with Gasteiger partial charge in [0, 0.05) is 37.6 Å². The molecule has 21 heavy (non-hydrogen) atoms. The molecular weight excluding hydrogens is 283 g/mol. The SMILES string of the molecule is CN(C(=O)C(F)(F)F)C1CCN(c2ccc(N)cc2)CC1. The second-order valence-electron chi connectivity index (χ2n) is 5.22. The maximum atomic E-state index is 12.4. The molecule has 0 radical (unpaired) electrons. The summed E-state index contributed by atoms with van der Waals surface area (Å²) in [5.74, 6) is -1.77. The Morgan fingerprint density at radius 3 is 2.24 bits per heavy atom. The molecule has 2 N–H and O–H groups in total. The lowest BCUT2D eigenvalue weighted by Crippen LogP contribution is -2.49. The van der Waals surface area contributed by atoms with Crippen LogP contribution >= 0.6 is 0 Å². The van der Waals surface area contributed by atoms with Crippen molar-refractivity contribution in [3.8, 4) is 0 Å². The van der Waals surface area contributed by atoms with Gasteiger partial charge in [-0.3, -0.25) is 4.79 Å². The zero-order chi connectivity index (χ0) is 15.6. The molecule has 0 spiro atoms. The van der Waals surface area contributed by atoms with Gasteiger partial charge in [-0.1, -0.05) is 0 Å². The molecule has 1 aliphatic heterocycles. The van der Waals surface area contributed by atoms with E-state index in [0.717, 1.165) is 10.6 Å². The van der Waals surface area contributed by atoms with E-state index in [1.807, 2.05) is 12.1 Å². The molecule has 0 aliphatic carbocycles. The van der Waals surface area contributed by atoms with Crippen LogP contribution in [0.25, 0.3) is 0 Å². The van der Waals surface area contributed by atoms with Crippen molar-refractivity contribution in [2.24, 2.45) is 0 Å². The molecule has 1 saturated heterocycles. The van der Waals surface area contributed by atoms with E-state index in [-0.39, 0.29) is 6.04 Å². The zero-order valence-electron chi connectivity index (χ0n) is 11.7. The Balaban J connectivity index is 1.94. The maximum absolute atomic E-state index is 12.4. The number of hydrogen-bond donors (Lipinski definition) is 1. The van der Waals surface area contributed by atoms with Crippen molar-refractivity contribution >= 4 is 17.3 Å². The van der Waals surface area contributed by atoms with Crippen molar-refractivity contribution in [3.63, 3.8) is 0 Å². The van der Waals surface area contributed by atoms with E-state index in [0.29, 0.717) is 31.6 Å². The third-order valence-electron chi connectivity index (χ3n) is 3.83. The Morgan fingerprint density at radius 1 is 1.24 bits per heavy atom. The first-order chi connectivity index (χ1) is 9.79. The van der Waals surface area contributed by atoms with Crippen molar-refractivity contribution in [2.75, 3.05) is 30.8 Å². The van der Waals surface area contributed by atoms with Crippen LogP contribution in [0.5, 0.6) is 0 Å². The van der Waals surface area contributed by atoms with Crippen LogP contribution < -0.4 is 10.6 Å². The van der Waals surface area contributed by atoms with Crippen LogP contribution in [0.4, 0.5) is 24.5 Å². The molecule has 0 bridgehead atoms. The van der Waals surface area contributed by atoms with E-state index in [4.69, 9.17) is 5.73 Å². The van der Waals surface area contributed by atoms with Gasteiger partial charge in [0.15, 0.2) is 0 Å². The van der Waals surface area contributed by atoms with E-state index in [1.165, 1.54) is 7.05 Å². The van der Waals surface area contributed by atoms with E-state index >= 15 is 0 Å². The van der Waals surface area contributed by atoms with E-state index in [9.17, 15) is 18.0 Å². The number of hydrogen-bond acceptors (Lipinski definition) is 3. The van der Waals surface area contributed by atoms with Crippen molar-refractivity contribution in [1.29, 1.82) is 0 Å². The highest BCUT2D eigenvalue weighted by Crippen LogP contribution is 2.25. The Bertz CT molecular complexity index is 493. The molecule has 7 heteroatoms. The lowest BCUT2D eigenvalue weighted by molar-refractivity contribution is -0.186. The van der Waals surface area contributed by atoms with Crippen LogP contribution in [-0.4, -0.2) is 43.2 Å². The summed E-state index contributed by atoms with van der Waals surface area (Å²) in [7, 11) is 1.22. The van der Waals surface area contributed by atoms with Crippen molar-refractivity contribution in [3.05, 3.63) is 24.3 Å². The van der Waals surface area contributed by atoms with Crippen molar-refractivity contribution in [1.82, 2.24) is 4.90 Å². The zero-order valence-corrected chi connectivity index (χ0v) is 11.7. The fourth-order valence-corrected chi connectivity index (χ4v) is 2.56. The predicted octanol–water partition coefficient (Wildman–Crippen LogP) is 2.26. The minimum absolute atomic E-state index is 0.371. The van der Waals surface area contributed by atoms with Crippen LogP contribution in [0.15, 0.2) is 24.3 Å². The summed E-state index contributed by atoms with van der Waals surface area (Å²) < 4.78 is 37.3. The monoisotopic (exact) mass is 301 g/mol. The quantitative estimate of drug-likeness (QED) is 0.853. The second-order valence-corrected chi connectivity index (χ2v) is 5.22. The minimum atomic E-state index is -4.80. The van der Waals surface area contributed by atoms with E-state index in [1.54, 1.807) is 12.1 Å². The molecule has 4 nitrogen and oxygen atoms in total. The Labute approximate surface area is 121 Å². The Kier molecular flexibility index (Phi) is 4.29. The van der Waals surface area contributed by atoms with Gasteiger partial charge < -0.3 is 15.5 Å². The highest BCUT2D eigenvalue weighted by Gasteiger charge is 2.43. The number of rotatable bonds is 2. The van der Waals surface area contributed by atoms with E-state index < -0.39 is 12.1 Å². The number of anilines is 2. The van der Waals surface area contributed by atoms with Crippen LogP contribution in [0.1, 0.15) is 12.8 Å². The number of piperidine rings is 1. The summed E-state index contributed by atoms with van der Waals surface area (Å²) in [6, 6.07) is 6.99. The molecule has 1 fully saturated rings. The highest BCUT2D eigenvalue weighted by atomic mass is 19.4. The number of benzene rings is 1. The average Bonchev–Trinajstić information content (AvgIpc) is 2.46. The van der Waals surface area contributed by atoms with Gasteiger partial charge in [0.1, 0.15) is 0 Å². The number of carbonyl (C=O) groups excluding carboxylic acids is 1. The molecule has 0 saturated carbocycles. The number of nitrogens with two attached hydrogens (primary N) is 1. The summed E-state index contributed by atoms with van der Waals surface area (Å²) in [6.07, 6.45) is -3.77. The molecule has 116 valence electrons. The number of nitrogen functional groups attached to an aromatic ring is 1. The average molecular weight is 301 g/mol. The summed E-state index contributed by atoms with van der Waals surface area (Å²) in [5, 5.41) is 0. The smallest absolute Gasteiger partial charge is 0.399 e. The van der Waals surface area contributed by atoms with Crippen LogP contribution in [0.2, 0.25) is 0 Å². The first-order valence-corrected chi connectivity index (χ1v) is 6.73. The standard InChI is InChI=1S/C14H18F3N3O/c1-19(13(21)14(15,16)17)11-6-8-20(9-7-11)12-4-2-10(18)3-5-12/h2-5,11H,6-9,18H2,1H3. The molecule has 1 aliphatic rings. The van der Waals surface area contributed by atoms with Gasteiger partial charge in [-0.05, 0) is 37.1 Å². The number of amides is 1. The third kappa shape index (κ3) is 3.59.